The first kappa shape index (κ1) is 12.9. The Bertz CT molecular complexity index is 389. The third-order valence-corrected chi connectivity index (χ3v) is 2.89. The molecule has 94 valence electrons. The lowest BCUT2D eigenvalue weighted by Gasteiger charge is -2.14. The first-order chi connectivity index (χ1) is 8.15. The summed E-state index contributed by atoms with van der Waals surface area (Å²) < 4.78 is 5.50. The molecular weight excluding hydrogens is 265 g/mol. The van der Waals surface area contributed by atoms with Crippen LogP contribution in [0, 0.1) is 0 Å². The van der Waals surface area contributed by atoms with Gasteiger partial charge in [0, 0.05) is 5.02 Å². The highest BCUT2D eigenvalue weighted by molar-refractivity contribution is 6.35. The molecule has 0 bridgehead atoms. The molecule has 0 spiro atoms. The molecule has 0 saturated carbocycles. The standard InChI is InChI=1S/C11H13Cl2NO3/c12-8-1-2-11(10(13)5-8)16-4-3-14-6-9(15)7-17-14/h1-2,5,9,15H,3-4,6-7H2/t9-/m0/s1. The number of halogens is 2. The van der Waals surface area contributed by atoms with E-state index in [1.54, 1.807) is 23.3 Å². The van der Waals surface area contributed by atoms with Crippen LogP contribution in [0.3, 0.4) is 0 Å². The Morgan fingerprint density at radius 2 is 2.29 bits per heavy atom. The molecule has 17 heavy (non-hydrogen) atoms. The van der Waals surface area contributed by atoms with Crippen LogP contribution in [0.4, 0.5) is 0 Å². The van der Waals surface area contributed by atoms with Gasteiger partial charge in [0.1, 0.15) is 12.4 Å². The number of benzene rings is 1. The lowest BCUT2D eigenvalue weighted by atomic mass is 10.3. The molecule has 1 N–H and O–H groups in total. The summed E-state index contributed by atoms with van der Waals surface area (Å²) in [5.41, 5.74) is 0. The van der Waals surface area contributed by atoms with Gasteiger partial charge in [0.25, 0.3) is 0 Å². The fourth-order valence-electron chi connectivity index (χ4n) is 1.54. The highest BCUT2D eigenvalue weighted by atomic mass is 35.5. The van der Waals surface area contributed by atoms with Crippen molar-refractivity contribution in [3.05, 3.63) is 28.2 Å². The van der Waals surface area contributed by atoms with Crippen molar-refractivity contribution in [1.29, 1.82) is 0 Å². The molecule has 2 rings (SSSR count). The second kappa shape index (κ2) is 5.89. The Morgan fingerprint density at radius 3 is 2.94 bits per heavy atom. The molecule has 1 atom stereocenters. The zero-order valence-corrected chi connectivity index (χ0v) is 10.6. The van der Waals surface area contributed by atoms with Gasteiger partial charge in [0.05, 0.1) is 30.8 Å². The van der Waals surface area contributed by atoms with Crippen LogP contribution in [0.5, 0.6) is 5.75 Å². The van der Waals surface area contributed by atoms with Gasteiger partial charge in [-0.25, -0.2) is 0 Å². The number of aliphatic hydroxyl groups excluding tert-OH is 1. The third kappa shape index (κ3) is 3.72. The predicted molar refractivity (Wildman–Crippen MR) is 65.5 cm³/mol. The lowest BCUT2D eigenvalue weighted by Crippen LogP contribution is -2.26. The lowest BCUT2D eigenvalue weighted by molar-refractivity contribution is -0.115. The second-order valence-corrected chi connectivity index (χ2v) is 4.60. The number of β-amino-alcohol motifs (C(OH)–C–C–N with tert-alkyl or cyclic N) is 1. The van der Waals surface area contributed by atoms with Crippen LogP contribution in [0.25, 0.3) is 0 Å². The van der Waals surface area contributed by atoms with E-state index in [9.17, 15) is 5.11 Å². The number of hydrogen-bond donors (Lipinski definition) is 1. The minimum Gasteiger partial charge on any atom is -0.491 e. The number of aliphatic hydroxyl groups is 1. The molecule has 0 aliphatic carbocycles. The summed E-state index contributed by atoms with van der Waals surface area (Å²) in [6.07, 6.45) is -0.408. The summed E-state index contributed by atoms with van der Waals surface area (Å²) in [6, 6.07) is 5.08. The molecule has 1 fully saturated rings. The van der Waals surface area contributed by atoms with E-state index < -0.39 is 6.10 Å². The van der Waals surface area contributed by atoms with Crippen molar-refractivity contribution in [2.45, 2.75) is 6.10 Å². The zero-order chi connectivity index (χ0) is 12.3. The Labute approximate surface area is 110 Å². The Hall–Kier alpha value is -0.520. The predicted octanol–water partition coefficient (Wildman–Crippen LogP) is 1.98. The molecule has 6 heteroatoms. The van der Waals surface area contributed by atoms with Crippen LogP contribution < -0.4 is 4.74 Å². The van der Waals surface area contributed by atoms with Gasteiger partial charge >= 0.3 is 0 Å². The fourth-order valence-corrected chi connectivity index (χ4v) is 2.00. The summed E-state index contributed by atoms with van der Waals surface area (Å²) >= 11 is 11.7. The topological polar surface area (TPSA) is 41.9 Å². The fraction of sp³-hybridized carbons (Fsp3) is 0.455. The van der Waals surface area contributed by atoms with Gasteiger partial charge in [-0.3, -0.25) is 4.84 Å². The Morgan fingerprint density at radius 1 is 1.47 bits per heavy atom. The normalized spacial score (nSPS) is 20.8. The number of ether oxygens (including phenoxy) is 1. The largest absolute Gasteiger partial charge is 0.491 e. The van der Waals surface area contributed by atoms with Crippen molar-refractivity contribution >= 4 is 23.2 Å². The van der Waals surface area contributed by atoms with E-state index in [-0.39, 0.29) is 0 Å². The minimum atomic E-state index is -0.408. The molecule has 1 aromatic carbocycles. The van der Waals surface area contributed by atoms with Crippen molar-refractivity contribution in [2.24, 2.45) is 0 Å². The summed E-state index contributed by atoms with van der Waals surface area (Å²) in [6.45, 7) is 1.88. The van der Waals surface area contributed by atoms with Crippen molar-refractivity contribution in [2.75, 3.05) is 26.3 Å². The Balaban J connectivity index is 1.78. The van der Waals surface area contributed by atoms with Crippen LogP contribution >= 0.6 is 23.2 Å². The maximum absolute atomic E-state index is 9.25. The summed E-state index contributed by atoms with van der Waals surface area (Å²) in [5.74, 6) is 0.593. The van der Waals surface area contributed by atoms with Crippen molar-refractivity contribution in [3.8, 4) is 5.75 Å². The van der Waals surface area contributed by atoms with Crippen LogP contribution in [0.2, 0.25) is 10.0 Å². The van der Waals surface area contributed by atoms with Crippen molar-refractivity contribution < 1.29 is 14.7 Å². The minimum absolute atomic E-state index is 0.349. The second-order valence-electron chi connectivity index (χ2n) is 3.76. The number of nitrogens with zero attached hydrogens (tertiary/aromatic N) is 1. The SMILES string of the molecule is O[C@@H]1CON(CCOc2ccc(Cl)cc2Cl)C1. The monoisotopic (exact) mass is 277 g/mol. The molecule has 1 saturated heterocycles. The summed E-state index contributed by atoms with van der Waals surface area (Å²) in [4.78, 5) is 5.20. The molecule has 0 aromatic heterocycles. The molecule has 1 aliphatic rings. The van der Waals surface area contributed by atoms with Crippen LogP contribution in [-0.2, 0) is 4.84 Å². The maximum atomic E-state index is 9.25. The number of hydrogen-bond acceptors (Lipinski definition) is 4. The van der Waals surface area contributed by atoms with Gasteiger partial charge in [-0.2, -0.15) is 5.06 Å². The summed E-state index contributed by atoms with van der Waals surface area (Å²) in [7, 11) is 0. The molecule has 1 heterocycles. The van der Waals surface area contributed by atoms with Crippen LogP contribution in [0.1, 0.15) is 0 Å². The number of hydroxylamine groups is 2. The smallest absolute Gasteiger partial charge is 0.138 e. The van der Waals surface area contributed by atoms with Gasteiger partial charge in [-0.1, -0.05) is 23.2 Å². The molecule has 1 aromatic rings. The summed E-state index contributed by atoms with van der Waals surface area (Å²) in [5, 5.41) is 12.0. The molecule has 0 radical (unpaired) electrons. The van der Waals surface area contributed by atoms with E-state index >= 15 is 0 Å². The maximum Gasteiger partial charge on any atom is 0.138 e. The van der Waals surface area contributed by atoms with Crippen molar-refractivity contribution in [1.82, 2.24) is 5.06 Å². The van der Waals surface area contributed by atoms with E-state index in [2.05, 4.69) is 0 Å². The van der Waals surface area contributed by atoms with Gasteiger partial charge in [-0.15, -0.1) is 0 Å². The molecule has 0 amide bonds. The molecule has 1 aliphatic heterocycles. The van der Waals surface area contributed by atoms with E-state index in [0.717, 1.165) is 0 Å². The van der Waals surface area contributed by atoms with Gasteiger partial charge in [0.2, 0.25) is 0 Å². The van der Waals surface area contributed by atoms with Gasteiger partial charge in [-0.05, 0) is 18.2 Å². The highest BCUT2D eigenvalue weighted by Gasteiger charge is 2.20. The quantitative estimate of drug-likeness (QED) is 0.914. The molecular formula is C11H13Cl2NO3. The average Bonchev–Trinajstić information content (AvgIpc) is 2.68. The zero-order valence-electron chi connectivity index (χ0n) is 9.10. The highest BCUT2D eigenvalue weighted by Crippen LogP contribution is 2.27. The van der Waals surface area contributed by atoms with E-state index in [0.29, 0.717) is 42.1 Å². The van der Waals surface area contributed by atoms with Crippen molar-refractivity contribution in [3.63, 3.8) is 0 Å². The Kier molecular flexibility index (Phi) is 4.48. The van der Waals surface area contributed by atoms with E-state index in [4.69, 9.17) is 32.8 Å². The van der Waals surface area contributed by atoms with E-state index in [1.807, 2.05) is 0 Å². The van der Waals surface area contributed by atoms with E-state index in [1.165, 1.54) is 0 Å². The van der Waals surface area contributed by atoms with Gasteiger partial charge in [0.15, 0.2) is 0 Å². The first-order valence-corrected chi connectivity index (χ1v) is 6.04. The first-order valence-electron chi connectivity index (χ1n) is 5.29. The molecule has 4 nitrogen and oxygen atoms in total. The molecule has 0 unspecified atom stereocenters. The number of rotatable bonds is 4. The average molecular weight is 278 g/mol. The van der Waals surface area contributed by atoms with Crippen LogP contribution in [0.15, 0.2) is 18.2 Å². The third-order valence-electron chi connectivity index (χ3n) is 2.36. The van der Waals surface area contributed by atoms with Gasteiger partial charge < -0.3 is 9.84 Å². The van der Waals surface area contributed by atoms with Crippen LogP contribution in [-0.4, -0.2) is 42.6 Å².